The molecule has 1 fully saturated rings. The van der Waals surface area contributed by atoms with Crippen molar-refractivity contribution < 1.29 is 32.5 Å². The minimum Gasteiger partial charge on any atom is -0.489 e. The Bertz CT molecular complexity index is 1140. The molecular formula is C25H21F3O4. The van der Waals surface area contributed by atoms with E-state index >= 15 is 0 Å². The van der Waals surface area contributed by atoms with Crippen LogP contribution in [-0.4, -0.2) is 17.2 Å². The van der Waals surface area contributed by atoms with E-state index in [0.29, 0.717) is 11.3 Å². The topological polar surface area (TPSA) is 55.8 Å². The highest BCUT2D eigenvalue weighted by molar-refractivity contribution is 5.82. The second-order valence-corrected chi connectivity index (χ2v) is 8.45. The molecule has 1 N–H and O–H groups in total. The largest absolute Gasteiger partial charge is 0.489 e. The maximum Gasteiger partial charge on any atom is 0.314 e. The fourth-order valence-electron chi connectivity index (χ4n) is 4.17. The first kappa shape index (κ1) is 21.7. The first-order valence-corrected chi connectivity index (χ1v) is 10.0. The number of carboxylic acids is 1. The van der Waals surface area contributed by atoms with Crippen LogP contribution >= 0.6 is 0 Å². The first-order chi connectivity index (χ1) is 15.1. The standard InChI is InChI=1S/C25H21F3O4/c1-24(2)22(32-19-10-6-17(27)7-11-19)25(24,23(29)30)14-15-3-12-20(28)21(13-15)31-18-8-4-16(26)5-9-18/h3-13,22H,14H2,1-2H3,(H,29,30). The van der Waals surface area contributed by atoms with Gasteiger partial charge in [0.1, 0.15) is 34.7 Å². The molecular weight excluding hydrogens is 421 g/mol. The number of carbonyl (C=O) groups is 1. The highest BCUT2D eigenvalue weighted by Gasteiger charge is 2.78. The van der Waals surface area contributed by atoms with Gasteiger partial charge in [0.15, 0.2) is 11.6 Å². The number of hydrogen-bond donors (Lipinski definition) is 1. The molecule has 1 aliphatic carbocycles. The summed E-state index contributed by atoms with van der Waals surface area (Å²) >= 11 is 0. The number of halogens is 3. The summed E-state index contributed by atoms with van der Waals surface area (Å²) in [6, 6.07) is 14.7. The van der Waals surface area contributed by atoms with Gasteiger partial charge in [0.25, 0.3) is 0 Å². The molecule has 2 unspecified atom stereocenters. The van der Waals surface area contributed by atoms with Gasteiger partial charge in [-0.3, -0.25) is 4.79 Å². The molecule has 3 aromatic carbocycles. The van der Waals surface area contributed by atoms with E-state index in [4.69, 9.17) is 9.47 Å². The van der Waals surface area contributed by atoms with Gasteiger partial charge in [-0.2, -0.15) is 0 Å². The Morgan fingerprint density at radius 1 is 0.906 bits per heavy atom. The fraction of sp³-hybridized carbons (Fsp3) is 0.240. The van der Waals surface area contributed by atoms with Gasteiger partial charge in [0.05, 0.1) is 0 Å². The number of aliphatic carboxylic acids is 1. The second-order valence-electron chi connectivity index (χ2n) is 8.45. The molecule has 4 nitrogen and oxygen atoms in total. The summed E-state index contributed by atoms with van der Waals surface area (Å²) < 4.78 is 52.1. The Morgan fingerprint density at radius 3 is 2.03 bits per heavy atom. The van der Waals surface area contributed by atoms with Gasteiger partial charge in [0.2, 0.25) is 0 Å². The molecule has 0 saturated heterocycles. The van der Waals surface area contributed by atoms with Crippen LogP contribution in [0.3, 0.4) is 0 Å². The van der Waals surface area contributed by atoms with E-state index in [1.807, 2.05) is 0 Å². The van der Waals surface area contributed by atoms with E-state index in [2.05, 4.69) is 0 Å². The molecule has 0 amide bonds. The minimum atomic E-state index is -1.27. The fourth-order valence-corrected chi connectivity index (χ4v) is 4.17. The van der Waals surface area contributed by atoms with Gasteiger partial charge in [-0.05, 0) is 72.6 Å². The third kappa shape index (κ3) is 3.79. The smallest absolute Gasteiger partial charge is 0.314 e. The van der Waals surface area contributed by atoms with Crippen LogP contribution in [0.25, 0.3) is 0 Å². The third-order valence-electron chi connectivity index (χ3n) is 6.14. The number of rotatable bonds is 7. The Hall–Kier alpha value is -3.48. The first-order valence-electron chi connectivity index (χ1n) is 10.0. The maximum atomic E-state index is 14.3. The monoisotopic (exact) mass is 442 g/mol. The lowest BCUT2D eigenvalue weighted by Gasteiger charge is -2.16. The summed E-state index contributed by atoms with van der Waals surface area (Å²) in [7, 11) is 0. The zero-order valence-corrected chi connectivity index (χ0v) is 17.4. The van der Waals surface area contributed by atoms with Crippen molar-refractivity contribution in [3.63, 3.8) is 0 Å². The molecule has 4 rings (SSSR count). The molecule has 7 heteroatoms. The summed E-state index contributed by atoms with van der Waals surface area (Å²) in [5, 5.41) is 10.1. The maximum absolute atomic E-state index is 14.3. The average molecular weight is 442 g/mol. The Morgan fingerprint density at radius 2 is 1.47 bits per heavy atom. The molecule has 32 heavy (non-hydrogen) atoms. The van der Waals surface area contributed by atoms with Crippen LogP contribution in [0.5, 0.6) is 17.2 Å². The van der Waals surface area contributed by atoms with Crippen LogP contribution in [-0.2, 0) is 11.2 Å². The predicted octanol–water partition coefficient (Wildman–Crippen LogP) is 6.00. The molecule has 0 aromatic heterocycles. The zero-order valence-electron chi connectivity index (χ0n) is 17.4. The minimum absolute atomic E-state index is 0.0707. The van der Waals surface area contributed by atoms with Crippen molar-refractivity contribution in [2.75, 3.05) is 0 Å². The summed E-state index contributed by atoms with van der Waals surface area (Å²) in [6.45, 7) is 3.57. The van der Waals surface area contributed by atoms with Gasteiger partial charge in [-0.25, -0.2) is 13.2 Å². The van der Waals surface area contributed by atoms with Crippen LogP contribution in [0.2, 0.25) is 0 Å². The average Bonchev–Trinajstić information content (AvgIpc) is 3.22. The van der Waals surface area contributed by atoms with E-state index in [1.54, 1.807) is 13.8 Å². The summed E-state index contributed by atoms with van der Waals surface area (Å²) in [5.41, 5.74) is -1.46. The SMILES string of the molecule is CC1(C)C(Oc2ccc(F)cc2)C1(Cc1ccc(F)c(Oc2ccc(F)cc2)c1)C(=O)O. The van der Waals surface area contributed by atoms with Crippen molar-refractivity contribution in [3.05, 3.63) is 89.7 Å². The quantitative estimate of drug-likeness (QED) is 0.488. The van der Waals surface area contributed by atoms with E-state index in [1.165, 1.54) is 66.7 Å². The lowest BCUT2D eigenvalue weighted by molar-refractivity contribution is -0.145. The zero-order chi connectivity index (χ0) is 23.1. The number of hydrogen-bond acceptors (Lipinski definition) is 3. The molecule has 0 radical (unpaired) electrons. The van der Waals surface area contributed by atoms with Gasteiger partial charge in [-0.1, -0.05) is 19.9 Å². The van der Waals surface area contributed by atoms with Crippen LogP contribution < -0.4 is 9.47 Å². The van der Waals surface area contributed by atoms with E-state index in [9.17, 15) is 23.1 Å². The normalized spacial score (nSPS) is 21.1. The third-order valence-corrected chi connectivity index (χ3v) is 6.14. The van der Waals surface area contributed by atoms with Crippen molar-refractivity contribution in [2.45, 2.75) is 26.4 Å². The van der Waals surface area contributed by atoms with Gasteiger partial charge in [0, 0.05) is 5.41 Å². The molecule has 166 valence electrons. The molecule has 0 aliphatic heterocycles. The molecule has 1 aliphatic rings. The lowest BCUT2D eigenvalue weighted by atomic mass is 9.88. The summed E-state index contributed by atoms with van der Waals surface area (Å²) in [4.78, 5) is 12.4. The number of benzene rings is 3. The van der Waals surface area contributed by atoms with Gasteiger partial charge >= 0.3 is 5.97 Å². The van der Waals surface area contributed by atoms with E-state index < -0.39 is 40.4 Å². The summed E-state index contributed by atoms with van der Waals surface area (Å²) in [5.74, 6) is -2.01. The highest BCUT2D eigenvalue weighted by Crippen LogP contribution is 2.66. The van der Waals surface area contributed by atoms with Gasteiger partial charge in [-0.15, -0.1) is 0 Å². The number of ether oxygens (including phenoxy) is 2. The second kappa shape index (κ2) is 7.89. The number of carboxylic acid groups (broad SMARTS) is 1. The molecule has 2 atom stereocenters. The lowest BCUT2D eigenvalue weighted by Crippen LogP contribution is -2.26. The molecule has 3 aromatic rings. The Kier molecular flexibility index (Phi) is 5.36. The van der Waals surface area contributed by atoms with Crippen LogP contribution in [0.4, 0.5) is 13.2 Å². The molecule has 0 heterocycles. The van der Waals surface area contributed by atoms with Crippen molar-refractivity contribution in [3.8, 4) is 17.2 Å². The molecule has 0 bridgehead atoms. The molecule has 0 spiro atoms. The van der Waals surface area contributed by atoms with E-state index in [0.717, 1.165) is 0 Å². The predicted molar refractivity (Wildman–Crippen MR) is 111 cm³/mol. The Labute approximate surface area is 183 Å². The van der Waals surface area contributed by atoms with Crippen molar-refractivity contribution in [1.29, 1.82) is 0 Å². The van der Waals surface area contributed by atoms with Crippen molar-refractivity contribution in [1.82, 2.24) is 0 Å². The van der Waals surface area contributed by atoms with Crippen LogP contribution in [0.15, 0.2) is 66.7 Å². The summed E-state index contributed by atoms with van der Waals surface area (Å²) in [6.07, 6.45) is -0.606. The van der Waals surface area contributed by atoms with Crippen molar-refractivity contribution in [2.24, 2.45) is 10.8 Å². The van der Waals surface area contributed by atoms with E-state index in [-0.39, 0.29) is 17.9 Å². The van der Waals surface area contributed by atoms with Crippen LogP contribution in [0, 0.1) is 28.3 Å². The van der Waals surface area contributed by atoms with Crippen molar-refractivity contribution >= 4 is 5.97 Å². The highest BCUT2D eigenvalue weighted by atomic mass is 19.1. The van der Waals surface area contributed by atoms with Gasteiger partial charge < -0.3 is 14.6 Å². The Balaban J connectivity index is 1.59. The van der Waals surface area contributed by atoms with Crippen LogP contribution in [0.1, 0.15) is 19.4 Å². The molecule has 1 saturated carbocycles.